The van der Waals surface area contributed by atoms with E-state index in [-0.39, 0.29) is 24.2 Å². The van der Waals surface area contributed by atoms with Crippen LogP contribution in [0.1, 0.15) is 12.0 Å². The molecule has 0 unspecified atom stereocenters. The van der Waals surface area contributed by atoms with Crippen LogP contribution in [0.4, 0.5) is 13.2 Å². The normalized spacial score (nSPS) is 15.2. The van der Waals surface area contributed by atoms with E-state index in [1.54, 1.807) is 21.7 Å². The molecule has 2 heterocycles. The smallest absolute Gasteiger partial charge is 0.340 e. The van der Waals surface area contributed by atoms with Crippen molar-refractivity contribution >= 4 is 22.6 Å². The number of carbonyl (C=O) groups is 2. The largest absolute Gasteiger partial charge is 0.416 e. The second kappa shape index (κ2) is 6.38. The van der Waals surface area contributed by atoms with Crippen molar-refractivity contribution in [2.45, 2.75) is 19.1 Å². The number of likely N-dealkylation sites (tertiary alicyclic amines) is 1. The van der Waals surface area contributed by atoms with Gasteiger partial charge in [0, 0.05) is 42.5 Å². The molecule has 0 spiro atoms. The van der Waals surface area contributed by atoms with E-state index in [4.69, 9.17) is 0 Å². The predicted octanol–water partition coefficient (Wildman–Crippen LogP) is 3.26. The molecule has 0 aliphatic carbocycles. The lowest BCUT2D eigenvalue weighted by Gasteiger charge is -2.38. The first-order valence-corrected chi connectivity index (χ1v) is 7.87. The Bertz CT molecular complexity index is 832. The Balaban J connectivity index is 1.62. The number of amides is 1. The summed E-state index contributed by atoms with van der Waals surface area (Å²) >= 11 is 0. The van der Waals surface area contributed by atoms with Crippen molar-refractivity contribution < 1.29 is 22.8 Å². The molecule has 1 fully saturated rings. The second-order valence-electron chi connectivity index (χ2n) is 6.27. The highest BCUT2D eigenvalue weighted by molar-refractivity contribution is 5.88. The number of ketones is 1. The molecule has 132 valence electrons. The monoisotopic (exact) mass is 350 g/mol. The predicted molar refractivity (Wildman–Crippen MR) is 86.8 cm³/mol. The van der Waals surface area contributed by atoms with Gasteiger partial charge in [-0.25, -0.2) is 0 Å². The number of Topliss-reactive ketones (excluding diaryl/α,β-unsaturated/α-hetero) is 1. The van der Waals surface area contributed by atoms with Crippen molar-refractivity contribution in [2.24, 2.45) is 5.92 Å². The first-order valence-electron chi connectivity index (χ1n) is 7.87. The zero-order valence-corrected chi connectivity index (χ0v) is 13.4. The van der Waals surface area contributed by atoms with Gasteiger partial charge < -0.3 is 9.47 Å². The molecule has 0 radical (unpaired) electrons. The van der Waals surface area contributed by atoms with Gasteiger partial charge in [0.2, 0.25) is 5.91 Å². The van der Waals surface area contributed by atoms with Crippen LogP contribution in [-0.4, -0.2) is 34.2 Å². The van der Waals surface area contributed by atoms with Crippen LogP contribution in [0.15, 0.2) is 43.1 Å². The lowest BCUT2D eigenvalue weighted by molar-refractivity contribution is -0.137. The van der Waals surface area contributed by atoms with E-state index in [1.165, 1.54) is 12.1 Å². The molecule has 7 heteroatoms. The number of hydrogen-bond acceptors (Lipinski definition) is 2. The SMILES string of the molecule is C=CC(=O)N1CC(CC(=O)Cn2ccc3cc(C(F)(F)F)ccc32)C1. The van der Waals surface area contributed by atoms with E-state index in [9.17, 15) is 22.8 Å². The number of aromatic nitrogens is 1. The lowest BCUT2D eigenvalue weighted by atomic mass is 9.94. The molecule has 1 aliphatic heterocycles. The van der Waals surface area contributed by atoms with Gasteiger partial charge in [0.25, 0.3) is 0 Å². The number of hydrogen-bond donors (Lipinski definition) is 0. The summed E-state index contributed by atoms with van der Waals surface area (Å²) in [7, 11) is 0. The van der Waals surface area contributed by atoms with E-state index < -0.39 is 11.7 Å². The van der Waals surface area contributed by atoms with Gasteiger partial charge in [-0.1, -0.05) is 6.58 Å². The van der Waals surface area contributed by atoms with Crippen LogP contribution in [0.2, 0.25) is 0 Å². The fourth-order valence-corrected chi connectivity index (χ4v) is 3.10. The first-order chi connectivity index (χ1) is 11.8. The third-order valence-corrected chi connectivity index (χ3v) is 4.40. The van der Waals surface area contributed by atoms with Crippen LogP contribution >= 0.6 is 0 Å². The summed E-state index contributed by atoms with van der Waals surface area (Å²) in [6.45, 7) is 4.61. The van der Waals surface area contributed by atoms with Crippen LogP contribution in [0.25, 0.3) is 10.9 Å². The molecule has 4 nitrogen and oxygen atoms in total. The van der Waals surface area contributed by atoms with Crippen molar-refractivity contribution in [3.8, 4) is 0 Å². The van der Waals surface area contributed by atoms with Crippen LogP contribution in [-0.2, 0) is 22.3 Å². The molecule has 1 aliphatic rings. The van der Waals surface area contributed by atoms with Gasteiger partial charge >= 0.3 is 6.18 Å². The quantitative estimate of drug-likeness (QED) is 0.777. The number of fused-ring (bicyclic) bond motifs is 1. The molecule has 25 heavy (non-hydrogen) atoms. The Labute approximate surface area is 142 Å². The summed E-state index contributed by atoms with van der Waals surface area (Å²) in [5.41, 5.74) is -0.107. The Morgan fingerprint density at radius 1 is 1.24 bits per heavy atom. The maximum Gasteiger partial charge on any atom is 0.416 e. The van der Waals surface area contributed by atoms with Gasteiger partial charge in [0.15, 0.2) is 5.78 Å². The number of benzene rings is 1. The summed E-state index contributed by atoms with van der Waals surface area (Å²) in [4.78, 5) is 25.2. The van der Waals surface area contributed by atoms with Gasteiger partial charge in [-0.3, -0.25) is 9.59 Å². The zero-order valence-electron chi connectivity index (χ0n) is 13.4. The molecular formula is C18H17F3N2O2. The summed E-state index contributed by atoms with van der Waals surface area (Å²) in [6.07, 6.45) is -1.16. The molecule has 1 aromatic carbocycles. The fourth-order valence-electron chi connectivity index (χ4n) is 3.10. The number of nitrogens with zero attached hydrogens (tertiary/aromatic N) is 2. The Hall–Kier alpha value is -2.57. The number of rotatable bonds is 5. The summed E-state index contributed by atoms with van der Waals surface area (Å²) in [5, 5.41) is 0.453. The fraction of sp³-hybridized carbons (Fsp3) is 0.333. The highest BCUT2D eigenvalue weighted by atomic mass is 19.4. The van der Waals surface area contributed by atoms with E-state index in [0.717, 1.165) is 12.1 Å². The van der Waals surface area contributed by atoms with Crippen molar-refractivity contribution in [1.29, 1.82) is 0 Å². The molecule has 0 N–H and O–H groups in total. The van der Waals surface area contributed by atoms with Gasteiger partial charge in [-0.05, 0) is 30.3 Å². The van der Waals surface area contributed by atoms with Crippen molar-refractivity contribution in [2.75, 3.05) is 13.1 Å². The molecule has 1 amide bonds. The van der Waals surface area contributed by atoms with Crippen LogP contribution in [0.5, 0.6) is 0 Å². The van der Waals surface area contributed by atoms with E-state index >= 15 is 0 Å². The minimum absolute atomic E-state index is 0.00639. The summed E-state index contributed by atoms with van der Waals surface area (Å²) < 4.78 is 39.9. The van der Waals surface area contributed by atoms with Crippen molar-refractivity contribution in [3.05, 3.63) is 48.7 Å². The van der Waals surface area contributed by atoms with Gasteiger partial charge in [-0.15, -0.1) is 0 Å². The lowest BCUT2D eigenvalue weighted by Crippen LogP contribution is -2.50. The number of halogens is 3. The van der Waals surface area contributed by atoms with E-state index in [0.29, 0.717) is 30.4 Å². The zero-order chi connectivity index (χ0) is 18.2. The highest BCUT2D eigenvalue weighted by Gasteiger charge is 2.31. The minimum Gasteiger partial charge on any atom is -0.340 e. The third kappa shape index (κ3) is 3.60. The maximum atomic E-state index is 12.7. The second-order valence-corrected chi connectivity index (χ2v) is 6.27. The van der Waals surface area contributed by atoms with E-state index in [2.05, 4.69) is 6.58 Å². The maximum absolute atomic E-state index is 12.7. The molecule has 2 aromatic rings. The molecule has 0 saturated carbocycles. The average molecular weight is 350 g/mol. The topological polar surface area (TPSA) is 42.3 Å². The summed E-state index contributed by atoms with van der Waals surface area (Å²) in [6, 6.07) is 5.07. The van der Waals surface area contributed by atoms with Crippen LogP contribution < -0.4 is 0 Å². The van der Waals surface area contributed by atoms with Crippen molar-refractivity contribution in [3.63, 3.8) is 0 Å². The third-order valence-electron chi connectivity index (χ3n) is 4.40. The van der Waals surface area contributed by atoms with Crippen LogP contribution in [0, 0.1) is 5.92 Å². The first kappa shape index (κ1) is 17.3. The molecule has 1 aromatic heterocycles. The molecule has 0 bridgehead atoms. The minimum atomic E-state index is -4.38. The van der Waals surface area contributed by atoms with Crippen LogP contribution in [0.3, 0.4) is 0 Å². The molecular weight excluding hydrogens is 333 g/mol. The van der Waals surface area contributed by atoms with Crippen molar-refractivity contribution in [1.82, 2.24) is 9.47 Å². The highest BCUT2D eigenvalue weighted by Crippen LogP contribution is 2.31. The van der Waals surface area contributed by atoms with E-state index in [1.807, 2.05) is 0 Å². The Kier molecular flexibility index (Phi) is 4.41. The Morgan fingerprint density at radius 3 is 2.60 bits per heavy atom. The Morgan fingerprint density at radius 2 is 1.96 bits per heavy atom. The number of carbonyl (C=O) groups excluding carboxylic acids is 2. The molecule has 0 atom stereocenters. The average Bonchev–Trinajstić information content (AvgIpc) is 2.91. The number of alkyl halides is 3. The van der Waals surface area contributed by atoms with Gasteiger partial charge in [0.1, 0.15) is 0 Å². The molecule has 3 rings (SSSR count). The van der Waals surface area contributed by atoms with Gasteiger partial charge in [-0.2, -0.15) is 13.2 Å². The molecule has 1 saturated heterocycles. The van der Waals surface area contributed by atoms with Gasteiger partial charge in [0.05, 0.1) is 12.1 Å². The standard InChI is InChI=1S/C18H17F3N2O2/c1-2-17(25)23-9-12(10-23)7-15(24)11-22-6-5-13-8-14(18(19,20)21)3-4-16(13)22/h2-6,8,12H,1,7,9-11H2. The summed E-state index contributed by atoms with van der Waals surface area (Å²) in [5.74, 6) is -0.0104.